The molecule has 7 unspecified atom stereocenters. The minimum atomic E-state index is -1.58. The first-order valence-corrected chi connectivity index (χ1v) is 27.7. The zero-order chi connectivity index (χ0) is 48.7. The number of rotatable bonds is 46. The molecule has 0 aromatic heterocycles. The Hall–Kier alpha value is -2.37. The predicted molar refractivity (Wildman–Crippen MR) is 281 cm³/mol. The highest BCUT2D eigenvalue weighted by molar-refractivity contribution is 5.76. The zero-order valence-electron chi connectivity index (χ0n) is 42.9. The van der Waals surface area contributed by atoms with E-state index >= 15 is 0 Å². The summed E-state index contributed by atoms with van der Waals surface area (Å²) in [4.78, 5) is 13.0. The predicted octanol–water partition coefficient (Wildman–Crippen LogP) is 13.3. The van der Waals surface area contributed by atoms with Gasteiger partial charge in [-0.15, -0.1) is 0 Å². The van der Waals surface area contributed by atoms with Gasteiger partial charge in [-0.05, 0) is 70.6 Å². The lowest BCUT2D eigenvalue weighted by molar-refractivity contribution is -0.302. The molecule has 388 valence electrons. The number of aliphatic hydroxyl groups is 5. The topological polar surface area (TPSA) is 149 Å². The number of aliphatic hydroxyl groups excluding tert-OH is 5. The Bertz CT molecular complexity index is 1280. The third kappa shape index (κ3) is 37.2. The van der Waals surface area contributed by atoms with Crippen molar-refractivity contribution in [1.29, 1.82) is 0 Å². The van der Waals surface area contributed by atoms with Gasteiger partial charge in [-0.1, -0.05) is 228 Å². The van der Waals surface area contributed by atoms with Crippen LogP contribution in [-0.4, -0.2) is 87.5 Å². The first-order chi connectivity index (χ1) is 32.8. The first-order valence-electron chi connectivity index (χ1n) is 27.7. The van der Waals surface area contributed by atoms with Crippen molar-refractivity contribution < 1.29 is 39.8 Å². The van der Waals surface area contributed by atoms with Crippen molar-refractivity contribution in [3.05, 3.63) is 72.9 Å². The van der Waals surface area contributed by atoms with Crippen molar-refractivity contribution >= 4 is 5.91 Å². The summed E-state index contributed by atoms with van der Waals surface area (Å²) in [6.07, 6.45) is 58.1. The lowest BCUT2D eigenvalue weighted by atomic mass is 9.99. The minimum Gasteiger partial charge on any atom is -0.394 e. The molecule has 0 aliphatic carbocycles. The smallest absolute Gasteiger partial charge is 0.220 e. The van der Waals surface area contributed by atoms with Crippen LogP contribution in [0.15, 0.2) is 72.9 Å². The van der Waals surface area contributed by atoms with Crippen LogP contribution in [-0.2, 0) is 14.3 Å². The summed E-state index contributed by atoms with van der Waals surface area (Å²) < 4.78 is 11.2. The molecule has 0 spiro atoms. The van der Waals surface area contributed by atoms with Crippen molar-refractivity contribution in [1.82, 2.24) is 5.32 Å². The van der Waals surface area contributed by atoms with E-state index in [4.69, 9.17) is 9.47 Å². The van der Waals surface area contributed by atoms with Gasteiger partial charge in [0.2, 0.25) is 5.91 Å². The standard InChI is InChI=1S/C58H103NO8/c1-3-5-7-9-11-13-15-17-19-21-23-25-26-28-30-32-34-36-38-40-42-44-46-48-54(62)59-51(50-66-58-57(65)56(64)55(63)53(49-60)67-58)52(61)47-45-43-41-39-37-35-33-31-29-27-24-22-20-18-16-14-12-10-8-6-4-2/h5,7,11,13,17,19,23,25,37,39,45,47,51-53,55-58,60-61,63-65H,3-4,6,8-10,12,14-16,18,20-22,24,26-36,38,40-44,46,48-50H2,1-2H3,(H,59,62)/b7-5-,13-11-,19-17-,25-23-,39-37+,47-45+. The van der Waals surface area contributed by atoms with E-state index < -0.39 is 49.5 Å². The quantitative estimate of drug-likeness (QED) is 0.0261. The molecule has 0 radical (unpaired) electrons. The normalized spacial score (nSPS) is 20.3. The van der Waals surface area contributed by atoms with Crippen LogP contribution in [0.1, 0.15) is 232 Å². The highest BCUT2D eigenvalue weighted by Gasteiger charge is 2.44. The number of nitrogens with one attached hydrogen (secondary N) is 1. The van der Waals surface area contributed by atoms with E-state index in [1.807, 2.05) is 6.08 Å². The first kappa shape index (κ1) is 62.6. The third-order valence-corrected chi connectivity index (χ3v) is 12.8. The zero-order valence-corrected chi connectivity index (χ0v) is 42.9. The van der Waals surface area contributed by atoms with E-state index in [1.165, 1.54) is 135 Å². The molecular formula is C58H103NO8. The Balaban J connectivity index is 2.28. The van der Waals surface area contributed by atoms with Gasteiger partial charge in [-0.25, -0.2) is 0 Å². The lowest BCUT2D eigenvalue weighted by Crippen LogP contribution is -2.60. The molecule has 1 rings (SSSR count). The van der Waals surface area contributed by atoms with Crippen LogP contribution >= 0.6 is 0 Å². The summed E-state index contributed by atoms with van der Waals surface area (Å²) in [6, 6.07) is -0.828. The molecule has 1 aliphatic rings. The van der Waals surface area contributed by atoms with E-state index in [1.54, 1.807) is 6.08 Å². The van der Waals surface area contributed by atoms with Gasteiger partial charge >= 0.3 is 0 Å². The lowest BCUT2D eigenvalue weighted by Gasteiger charge is -2.40. The Morgan fingerprint density at radius 1 is 0.522 bits per heavy atom. The van der Waals surface area contributed by atoms with Gasteiger partial charge < -0.3 is 40.3 Å². The average molecular weight is 942 g/mol. The number of allylic oxidation sites excluding steroid dienone is 11. The van der Waals surface area contributed by atoms with Crippen LogP contribution in [0.25, 0.3) is 0 Å². The Morgan fingerprint density at radius 2 is 0.940 bits per heavy atom. The number of hydrogen-bond donors (Lipinski definition) is 6. The number of hydrogen-bond acceptors (Lipinski definition) is 8. The van der Waals surface area contributed by atoms with Gasteiger partial charge in [0.1, 0.15) is 24.4 Å². The monoisotopic (exact) mass is 942 g/mol. The van der Waals surface area contributed by atoms with E-state index in [9.17, 15) is 30.3 Å². The largest absolute Gasteiger partial charge is 0.394 e. The highest BCUT2D eigenvalue weighted by atomic mass is 16.7. The highest BCUT2D eigenvalue weighted by Crippen LogP contribution is 2.23. The van der Waals surface area contributed by atoms with Gasteiger partial charge in [0.05, 0.1) is 25.4 Å². The molecule has 9 nitrogen and oxygen atoms in total. The Morgan fingerprint density at radius 3 is 1.43 bits per heavy atom. The second-order valence-electron chi connectivity index (χ2n) is 19.0. The van der Waals surface area contributed by atoms with Crippen LogP contribution in [0.5, 0.6) is 0 Å². The number of carbonyl (C=O) groups excluding carboxylic acids is 1. The molecule has 1 fully saturated rings. The summed E-state index contributed by atoms with van der Waals surface area (Å²) in [5.74, 6) is -0.193. The molecule has 67 heavy (non-hydrogen) atoms. The summed E-state index contributed by atoms with van der Waals surface area (Å²) in [5, 5.41) is 54.4. The van der Waals surface area contributed by atoms with Crippen LogP contribution in [0.4, 0.5) is 0 Å². The fourth-order valence-electron chi connectivity index (χ4n) is 8.40. The molecular weight excluding hydrogens is 839 g/mol. The van der Waals surface area contributed by atoms with Gasteiger partial charge in [0, 0.05) is 6.42 Å². The van der Waals surface area contributed by atoms with Gasteiger partial charge in [0.25, 0.3) is 0 Å². The molecule has 7 atom stereocenters. The van der Waals surface area contributed by atoms with Crippen molar-refractivity contribution in [2.75, 3.05) is 13.2 Å². The summed E-state index contributed by atoms with van der Waals surface area (Å²) in [7, 11) is 0. The molecule has 0 saturated carbocycles. The molecule has 9 heteroatoms. The molecule has 0 aromatic carbocycles. The maximum Gasteiger partial charge on any atom is 0.220 e. The van der Waals surface area contributed by atoms with Gasteiger partial charge in [-0.2, -0.15) is 0 Å². The van der Waals surface area contributed by atoms with Crippen LogP contribution in [0.3, 0.4) is 0 Å². The minimum absolute atomic E-state index is 0.193. The molecule has 0 bridgehead atoms. The van der Waals surface area contributed by atoms with Crippen molar-refractivity contribution in [3.8, 4) is 0 Å². The molecule has 1 saturated heterocycles. The van der Waals surface area contributed by atoms with Gasteiger partial charge in [0.15, 0.2) is 6.29 Å². The number of unbranched alkanes of at least 4 members (excludes halogenated alkanes) is 26. The van der Waals surface area contributed by atoms with Crippen molar-refractivity contribution in [2.24, 2.45) is 0 Å². The van der Waals surface area contributed by atoms with E-state index in [0.717, 1.165) is 77.0 Å². The Kier molecular flexibility index (Phi) is 44.2. The number of amides is 1. The van der Waals surface area contributed by atoms with Crippen LogP contribution in [0, 0.1) is 0 Å². The van der Waals surface area contributed by atoms with Gasteiger partial charge in [-0.3, -0.25) is 4.79 Å². The SMILES string of the molecule is CC/C=C\C/C=C\C/C=C\C/C=C\CCCCCCCCCCCCC(=O)NC(COC1OC(CO)C(O)C(O)C1O)C(O)/C=C/CC/C=C/CCCCCCCCCCCCCCCCC. The van der Waals surface area contributed by atoms with E-state index in [0.29, 0.717) is 6.42 Å². The number of ether oxygens (including phenoxy) is 2. The molecule has 1 heterocycles. The summed E-state index contributed by atoms with van der Waals surface area (Å²) >= 11 is 0. The van der Waals surface area contributed by atoms with Crippen molar-refractivity contribution in [3.63, 3.8) is 0 Å². The third-order valence-electron chi connectivity index (χ3n) is 12.8. The van der Waals surface area contributed by atoms with E-state index in [-0.39, 0.29) is 12.5 Å². The maximum atomic E-state index is 13.0. The average Bonchev–Trinajstić information content (AvgIpc) is 3.33. The molecule has 1 aliphatic heterocycles. The second kappa shape index (κ2) is 47.3. The number of carbonyl (C=O) groups is 1. The molecule has 6 N–H and O–H groups in total. The maximum absolute atomic E-state index is 13.0. The molecule has 1 amide bonds. The van der Waals surface area contributed by atoms with Crippen LogP contribution < -0.4 is 5.32 Å². The second-order valence-corrected chi connectivity index (χ2v) is 19.0. The summed E-state index contributed by atoms with van der Waals surface area (Å²) in [6.45, 7) is 3.66. The fourth-order valence-corrected chi connectivity index (χ4v) is 8.40. The van der Waals surface area contributed by atoms with Crippen LogP contribution in [0.2, 0.25) is 0 Å². The van der Waals surface area contributed by atoms with Crippen molar-refractivity contribution in [2.45, 2.75) is 275 Å². The Labute approximate surface area is 410 Å². The molecule has 0 aromatic rings. The van der Waals surface area contributed by atoms with E-state index in [2.05, 4.69) is 79.9 Å². The summed E-state index contributed by atoms with van der Waals surface area (Å²) in [5.41, 5.74) is 0. The fraction of sp³-hybridized carbons (Fsp3) is 0.776.